The molecule has 0 atom stereocenters. The van der Waals surface area contributed by atoms with E-state index in [0.29, 0.717) is 17.1 Å². The van der Waals surface area contributed by atoms with Crippen LogP contribution in [0, 0.1) is 0 Å². The third-order valence-electron chi connectivity index (χ3n) is 5.95. The van der Waals surface area contributed by atoms with E-state index in [-0.39, 0.29) is 29.1 Å². The number of rotatable bonds is 8. The number of nitrogens with one attached hydrogen (secondary N) is 3. The Labute approximate surface area is 227 Å². The minimum atomic E-state index is -3.85. The Hall–Kier alpha value is -2.96. The molecule has 1 amide bonds. The predicted molar refractivity (Wildman–Crippen MR) is 147 cm³/mol. The molecule has 10 nitrogen and oxygen atoms in total. The number of anilines is 2. The van der Waals surface area contributed by atoms with Crippen molar-refractivity contribution in [3.05, 3.63) is 41.7 Å². The Morgan fingerprint density at radius 3 is 2.53 bits per heavy atom. The number of aromatic nitrogens is 2. The summed E-state index contributed by atoms with van der Waals surface area (Å²) < 4.78 is 40.0. The van der Waals surface area contributed by atoms with Crippen molar-refractivity contribution in [3.8, 4) is 10.4 Å². The molecule has 2 heterocycles. The zero-order valence-electron chi connectivity index (χ0n) is 22.3. The second-order valence-corrected chi connectivity index (χ2v) is 13.5. The number of alkyl carbamates (subject to hydrolysis) is 1. The smallest absolute Gasteiger partial charge is 0.407 e. The normalized spacial score (nSPS) is 18.4. The van der Waals surface area contributed by atoms with Crippen LogP contribution in [-0.2, 0) is 14.8 Å². The Bertz CT molecular complexity index is 1340. The van der Waals surface area contributed by atoms with Crippen LogP contribution >= 0.6 is 11.3 Å². The number of nitrogens with zero attached hydrogens (tertiary/aromatic N) is 2. The number of ether oxygens (including phenoxy) is 1. The van der Waals surface area contributed by atoms with Gasteiger partial charge in [0.15, 0.2) is 0 Å². The van der Waals surface area contributed by atoms with E-state index in [9.17, 15) is 13.2 Å². The first-order valence-corrected chi connectivity index (χ1v) is 15.0. The highest BCUT2D eigenvalue weighted by molar-refractivity contribution is 7.89. The lowest BCUT2D eigenvalue weighted by Crippen LogP contribution is -2.40. The molecule has 1 aliphatic rings. The van der Waals surface area contributed by atoms with E-state index in [1.165, 1.54) is 17.5 Å². The van der Waals surface area contributed by atoms with Crippen LogP contribution in [0.4, 0.5) is 16.4 Å². The maximum Gasteiger partial charge on any atom is 0.407 e. The van der Waals surface area contributed by atoms with E-state index in [2.05, 4.69) is 25.5 Å². The van der Waals surface area contributed by atoms with Gasteiger partial charge in [0.1, 0.15) is 0 Å². The Kier molecular flexibility index (Phi) is 8.43. The van der Waals surface area contributed by atoms with Gasteiger partial charge in [0.2, 0.25) is 15.9 Å². The SMILES string of the molecule is CC(C)OC(=O)NC1CCC(c2ncc(-c3ccc(Nc4ccno4)cc3S(=O)(=O)NC(C)(C)C)s2)CC1. The fraction of sp³-hybridized carbons (Fsp3) is 0.500. The summed E-state index contributed by atoms with van der Waals surface area (Å²) in [6.45, 7) is 9.07. The van der Waals surface area contributed by atoms with Crippen molar-refractivity contribution in [2.75, 3.05) is 5.32 Å². The summed E-state index contributed by atoms with van der Waals surface area (Å²) in [6, 6.07) is 6.93. The number of amides is 1. The molecule has 206 valence electrons. The summed E-state index contributed by atoms with van der Waals surface area (Å²) >= 11 is 1.51. The first-order valence-electron chi connectivity index (χ1n) is 12.7. The molecule has 3 N–H and O–H groups in total. The van der Waals surface area contributed by atoms with E-state index >= 15 is 0 Å². The van der Waals surface area contributed by atoms with Crippen molar-refractivity contribution in [1.29, 1.82) is 0 Å². The first-order chi connectivity index (χ1) is 17.9. The number of sulfonamides is 1. The summed E-state index contributed by atoms with van der Waals surface area (Å²) in [5.74, 6) is 0.667. The van der Waals surface area contributed by atoms with Crippen LogP contribution in [0.1, 0.15) is 71.2 Å². The first kappa shape index (κ1) is 28.1. The number of thiazole rings is 1. The van der Waals surface area contributed by atoms with Crippen molar-refractivity contribution < 1.29 is 22.5 Å². The molecule has 3 aromatic rings. The van der Waals surface area contributed by atoms with Crippen LogP contribution in [0.2, 0.25) is 0 Å². The van der Waals surface area contributed by atoms with Crippen molar-refractivity contribution in [2.45, 2.75) is 88.8 Å². The molecule has 0 bridgehead atoms. The van der Waals surface area contributed by atoms with Crippen LogP contribution in [0.15, 0.2) is 46.1 Å². The van der Waals surface area contributed by atoms with E-state index < -0.39 is 15.6 Å². The molecular formula is C26H35N5O5S2. The predicted octanol–water partition coefficient (Wildman–Crippen LogP) is 5.78. The summed E-state index contributed by atoms with van der Waals surface area (Å²) in [5.41, 5.74) is 0.490. The third-order valence-corrected chi connectivity index (χ3v) is 8.94. The topological polar surface area (TPSA) is 135 Å². The standard InChI is InChI=1S/C26H35N5O5S2/c1-16(2)35-25(32)30-18-8-6-17(7-9-18)24-27-15-21(37-24)20-11-10-19(29-23-12-13-28-36-23)14-22(20)38(33,34)31-26(3,4)5/h10-18,29,31H,6-9H2,1-5H3,(H,30,32). The second-order valence-electron chi connectivity index (χ2n) is 10.8. The molecule has 0 radical (unpaired) electrons. The minimum Gasteiger partial charge on any atom is -0.447 e. The molecule has 1 fully saturated rings. The second kappa shape index (κ2) is 11.4. The highest BCUT2D eigenvalue weighted by atomic mass is 32.2. The van der Waals surface area contributed by atoms with Crippen LogP contribution in [0.3, 0.4) is 0 Å². The summed E-state index contributed by atoms with van der Waals surface area (Å²) in [6.07, 6.45) is 6.17. The van der Waals surface area contributed by atoms with Gasteiger partial charge in [-0.2, -0.15) is 0 Å². The average Bonchev–Trinajstić information content (AvgIpc) is 3.50. The Balaban J connectivity index is 1.54. The number of hydrogen-bond acceptors (Lipinski definition) is 9. The number of hydrogen-bond donors (Lipinski definition) is 3. The maximum atomic E-state index is 13.5. The lowest BCUT2D eigenvalue weighted by Gasteiger charge is -2.28. The van der Waals surface area contributed by atoms with Gasteiger partial charge in [0, 0.05) is 41.0 Å². The molecule has 1 aromatic carbocycles. The van der Waals surface area contributed by atoms with Gasteiger partial charge in [-0.25, -0.2) is 22.9 Å². The largest absolute Gasteiger partial charge is 0.447 e. The van der Waals surface area contributed by atoms with Crippen molar-refractivity contribution in [1.82, 2.24) is 20.2 Å². The zero-order chi connectivity index (χ0) is 27.5. The van der Waals surface area contributed by atoms with Crippen LogP contribution in [-0.4, -0.2) is 42.3 Å². The summed E-state index contributed by atoms with van der Waals surface area (Å²) in [5, 5.41) is 10.6. The molecule has 12 heteroatoms. The van der Waals surface area contributed by atoms with Crippen molar-refractivity contribution in [3.63, 3.8) is 0 Å². The molecule has 0 saturated heterocycles. The van der Waals surface area contributed by atoms with Crippen molar-refractivity contribution in [2.24, 2.45) is 0 Å². The van der Waals surface area contributed by atoms with Gasteiger partial charge < -0.3 is 19.9 Å². The number of benzene rings is 1. The fourth-order valence-corrected chi connectivity index (χ4v) is 7.26. The van der Waals surface area contributed by atoms with Gasteiger partial charge in [-0.05, 0) is 72.4 Å². The summed E-state index contributed by atoms with van der Waals surface area (Å²) in [4.78, 5) is 17.5. The van der Waals surface area contributed by atoms with E-state index in [1.54, 1.807) is 51.2 Å². The zero-order valence-corrected chi connectivity index (χ0v) is 23.9. The maximum absolute atomic E-state index is 13.5. The van der Waals surface area contributed by atoms with Crippen LogP contribution in [0.5, 0.6) is 0 Å². The molecule has 0 spiro atoms. The molecule has 0 unspecified atom stereocenters. The van der Waals surface area contributed by atoms with Gasteiger partial charge in [-0.15, -0.1) is 11.3 Å². The number of carbonyl (C=O) groups excluding carboxylic acids is 1. The van der Waals surface area contributed by atoms with E-state index in [4.69, 9.17) is 9.26 Å². The van der Waals surface area contributed by atoms with Gasteiger partial charge in [-0.1, -0.05) is 11.2 Å². The lowest BCUT2D eigenvalue weighted by molar-refractivity contribution is 0.109. The van der Waals surface area contributed by atoms with Gasteiger partial charge in [0.25, 0.3) is 0 Å². The monoisotopic (exact) mass is 561 g/mol. The van der Waals surface area contributed by atoms with Gasteiger partial charge >= 0.3 is 6.09 Å². The highest BCUT2D eigenvalue weighted by Gasteiger charge is 2.29. The molecule has 4 rings (SSSR count). The lowest BCUT2D eigenvalue weighted by atomic mass is 9.86. The van der Waals surface area contributed by atoms with Gasteiger partial charge in [-0.3, -0.25) is 0 Å². The quantitative estimate of drug-likeness (QED) is 0.315. The molecular weight excluding hydrogens is 526 g/mol. The Morgan fingerprint density at radius 2 is 1.89 bits per heavy atom. The van der Waals surface area contributed by atoms with E-state index in [1.807, 2.05) is 13.8 Å². The molecule has 0 aliphatic heterocycles. The fourth-order valence-electron chi connectivity index (χ4n) is 4.41. The molecule has 1 saturated carbocycles. The van der Waals surface area contributed by atoms with Crippen molar-refractivity contribution >= 4 is 39.0 Å². The highest BCUT2D eigenvalue weighted by Crippen LogP contribution is 2.40. The minimum absolute atomic E-state index is 0.0848. The van der Waals surface area contributed by atoms with Crippen LogP contribution in [0.25, 0.3) is 10.4 Å². The number of carbonyl (C=O) groups is 1. The Morgan fingerprint density at radius 1 is 1.16 bits per heavy atom. The molecule has 38 heavy (non-hydrogen) atoms. The van der Waals surface area contributed by atoms with E-state index in [0.717, 1.165) is 35.6 Å². The molecule has 1 aliphatic carbocycles. The van der Waals surface area contributed by atoms with Gasteiger partial charge in [0.05, 0.1) is 27.1 Å². The van der Waals surface area contributed by atoms with Crippen LogP contribution < -0.4 is 15.4 Å². The average molecular weight is 562 g/mol. The third kappa shape index (κ3) is 7.33. The molecule has 2 aromatic heterocycles. The summed E-state index contributed by atoms with van der Waals surface area (Å²) in [7, 11) is -3.85.